The number of benzene rings is 1. The fourth-order valence-electron chi connectivity index (χ4n) is 5.33. The second-order valence-electron chi connectivity index (χ2n) is 11.8. The quantitative estimate of drug-likeness (QED) is 0.462. The van der Waals surface area contributed by atoms with Gasteiger partial charge in [0.15, 0.2) is 0 Å². The molecular weight excluding hydrogens is 524 g/mol. The average Bonchev–Trinajstić information content (AvgIpc) is 3.23. The van der Waals surface area contributed by atoms with Crippen molar-refractivity contribution in [2.24, 2.45) is 5.41 Å². The van der Waals surface area contributed by atoms with Gasteiger partial charge in [-0.1, -0.05) is 30.3 Å². The fraction of sp³-hybridized carbons (Fsp3) is 0.593. The first kappa shape index (κ1) is 29.0. The molecule has 1 aromatic carbocycles. The molecule has 1 aliphatic carbocycles. The molecule has 2 amide bonds. The first-order valence-corrected chi connectivity index (χ1v) is 14.8. The first-order valence-electron chi connectivity index (χ1n) is 13.0. The third-order valence-electron chi connectivity index (χ3n) is 7.29. The Bertz CT molecular complexity index is 1310. The van der Waals surface area contributed by atoms with Crippen molar-refractivity contribution in [2.75, 3.05) is 33.0 Å². The minimum Gasteiger partial charge on any atom is -0.465 e. The number of rotatable bonds is 9. The van der Waals surface area contributed by atoms with Gasteiger partial charge in [0.2, 0.25) is 0 Å². The predicted molar refractivity (Wildman–Crippen MR) is 144 cm³/mol. The van der Waals surface area contributed by atoms with Crippen molar-refractivity contribution < 1.29 is 32.0 Å². The summed E-state index contributed by atoms with van der Waals surface area (Å²) in [6.45, 7) is 6.88. The van der Waals surface area contributed by atoms with Crippen molar-refractivity contribution in [3.63, 3.8) is 0 Å². The van der Waals surface area contributed by atoms with E-state index >= 15 is 0 Å². The SMILES string of the molecule is CN(CC1(COS(C)(=O)=O)CC(OCc2ccccc2)C1)C(=O)c1c2c(nn1C(C)(C)C)CCN(C(=O)O)C2. The highest BCUT2D eigenvalue weighted by Crippen LogP contribution is 2.44. The van der Waals surface area contributed by atoms with Gasteiger partial charge in [0.1, 0.15) is 5.69 Å². The zero-order chi connectivity index (χ0) is 28.6. The van der Waals surface area contributed by atoms with Crippen molar-refractivity contribution in [1.82, 2.24) is 19.6 Å². The molecule has 0 radical (unpaired) electrons. The van der Waals surface area contributed by atoms with Crippen LogP contribution in [0.15, 0.2) is 30.3 Å². The first-order chi connectivity index (χ1) is 18.2. The van der Waals surface area contributed by atoms with E-state index in [9.17, 15) is 23.1 Å². The van der Waals surface area contributed by atoms with Gasteiger partial charge in [-0.3, -0.25) is 13.7 Å². The van der Waals surface area contributed by atoms with Crippen molar-refractivity contribution in [3.05, 3.63) is 52.8 Å². The number of hydrogen-bond acceptors (Lipinski definition) is 7. The Morgan fingerprint density at radius 2 is 1.87 bits per heavy atom. The minimum absolute atomic E-state index is 0.0575. The standard InChI is InChI=1S/C27H38N4O7S/c1-26(2,3)31-23(21-15-30(25(33)34)12-11-22(21)28-31)24(32)29(4)17-27(18-38-39(5,35)36)13-20(14-27)37-16-19-9-7-6-8-10-19/h6-10,20H,11-18H2,1-5H3,(H,33,34). The lowest BCUT2D eigenvalue weighted by molar-refractivity contribution is -0.110. The summed E-state index contributed by atoms with van der Waals surface area (Å²) in [4.78, 5) is 28.5. The van der Waals surface area contributed by atoms with Gasteiger partial charge >= 0.3 is 6.09 Å². The molecule has 4 rings (SSSR count). The molecule has 214 valence electrons. The number of fused-ring (bicyclic) bond motifs is 1. The van der Waals surface area contributed by atoms with Crippen LogP contribution in [0, 0.1) is 5.41 Å². The highest BCUT2D eigenvalue weighted by molar-refractivity contribution is 7.85. The van der Waals surface area contributed by atoms with Gasteiger partial charge in [0.25, 0.3) is 16.0 Å². The molecule has 12 heteroatoms. The molecule has 1 N–H and O–H groups in total. The van der Waals surface area contributed by atoms with Crippen LogP contribution in [0.1, 0.15) is 60.9 Å². The zero-order valence-corrected chi connectivity index (χ0v) is 24.0. The van der Waals surface area contributed by atoms with Crippen LogP contribution in [0.3, 0.4) is 0 Å². The Balaban J connectivity index is 1.54. The lowest BCUT2D eigenvalue weighted by Crippen LogP contribution is -2.53. The van der Waals surface area contributed by atoms with Gasteiger partial charge in [-0.25, -0.2) is 4.79 Å². The third kappa shape index (κ3) is 6.79. The summed E-state index contributed by atoms with van der Waals surface area (Å²) < 4.78 is 36.6. The molecule has 0 atom stereocenters. The zero-order valence-electron chi connectivity index (χ0n) is 23.2. The maximum atomic E-state index is 13.9. The van der Waals surface area contributed by atoms with Gasteiger partial charge in [-0.15, -0.1) is 0 Å². The van der Waals surface area contributed by atoms with Gasteiger partial charge in [-0.05, 0) is 39.2 Å². The Morgan fingerprint density at radius 3 is 2.46 bits per heavy atom. The predicted octanol–water partition coefficient (Wildman–Crippen LogP) is 3.09. The monoisotopic (exact) mass is 562 g/mol. The molecule has 1 aromatic heterocycles. The van der Waals surface area contributed by atoms with Crippen LogP contribution in [0.4, 0.5) is 4.79 Å². The second kappa shape index (κ2) is 10.9. The summed E-state index contributed by atoms with van der Waals surface area (Å²) in [6.07, 6.45) is 1.39. The molecule has 0 unspecified atom stereocenters. The molecule has 2 aromatic rings. The van der Waals surface area contributed by atoms with E-state index in [0.717, 1.165) is 17.5 Å². The second-order valence-corrected chi connectivity index (χ2v) is 13.4. The third-order valence-corrected chi connectivity index (χ3v) is 7.84. The molecule has 11 nitrogen and oxygen atoms in total. The van der Waals surface area contributed by atoms with Gasteiger partial charge in [0.05, 0.1) is 43.4 Å². The molecule has 1 aliphatic heterocycles. The van der Waals surface area contributed by atoms with E-state index in [1.165, 1.54) is 4.90 Å². The maximum Gasteiger partial charge on any atom is 0.407 e. The number of carboxylic acid groups (broad SMARTS) is 1. The van der Waals surface area contributed by atoms with Crippen molar-refractivity contribution in [1.29, 1.82) is 0 Å². The number of nitrogens with zero attached hydrogens (tertiary/aromatic N) is 4. The number of amides is 2. The summed E-state index contributed by atoms with van der Waals surface area (Å²) in [5.74, 6) is -0.293. The average molecular weight is 563 g/mol. The molecule has 2 heterocycles. The number of hydrogen-bond donors (Lipinski definition) is 1. The summed E-state index contributed by atoms with van der Waals surface area (Å²) in [6, 6.07) is 9.79. The maximum absolute atomic E-state index is 13.9. The van der Waals surface area contributed by atoms with Gasteiger partial charge in [-0.2, -0.15) is 13.5 Å². The van der Waals surface area contributed by atoms with Crippen LogP contribution in [0.2, 0.25) is 0 Å². The van der Waals surface area contributed by atoms with Crippen molar-refractivity contribution in [3.8, 4) is 0 Å². The molecule has 0 spiro atoms. The summed E-state index contributed by atoms with van der Waals surface area (Å²) >= 11 is 0. The van der Waals surface area contributed by atoms with E-state index < -0.39 is 27.2 Å². The van der Waals surface area contributed by atoms with Gasteiger partial charge in [0, 0.05) is 37.5 Å². The molecule has 39 heavy (non-hydrogen) atoms. The molecule has 1 fully saturated rings. The number of ether oxygens (including phenoxy) is 1. The highest BCUT2D eigenvalue weighted by atomic mass is 32.2. The Hall–Kier alpha value is -2.96. The van der Waals surface area contributed by atoms with Crippen LogP contribution >= 0.6 is 0 Å². The van der Waals surface area contributed by atoms with E-state index in [-0.39, 0.29) is 31.7 Å². The van der Waals surface area contributed by atoms with Crippen LogP contribution in [0.25, 0.3) is 0 Å². The summed E-state index contributed by atoms with van der Waals surface area (Å²) in [5.41, 5.74) is 1.64. The van der Waals surface area contributed by atoms with Crippen LogP contribution in [0.5, 0.6) is 0 Å². The number of aromatic nitrogens is 2. The molecule has 0 bridgehead atoms. The largest absolute Gasteiger partial charge is 0.465 e. The van der Waals surface area contributed by atoms with E-state index in [0.29, 0.717) is 43.7 Å². The lowest BCUT2D eigenvalue weighted by atomic mass is 9.67. The molecule has 1 saturated carbocycles. The van der Waals surface area contributed by atoms with E-state index in [1.54, 1.807) is 16.6 Å². The minimum atomic E-state index is -3.68. The van der Waals surface area contributed by atoms with E-state index in [2.05, 4.69) is 0 Å². The van der Waals surface area contributed by atoms with Crippen molar-refractivity contribution >= 4 is 22.1 Å². The Kier molecular flexibility index (Phi) is 8.11. The molecule has 2 aliphatic rings. The number of carbonyl (C=O) groups is 2. The molecule has 0 saturated heterocycles. The normalized spacial score (nSPS) is 21.3. The van der Waals surface area contributed by atoms with E-state index in [1.807, 2.05) is 51.1 Å². The summed E-state index contributed by atoms with van der Waals surface area (Å²) in [5, 5.41) is 14.3. The van der Waals surface area contributed by atoms with Crippen LogP contribution in [-0.2, 0) is 44.1 Å². The van der Waals surface area contributed by atoms with Gasteiger partial charge < -0.3 is 19.6 Å². The Morgan fingerprint density at radius 1 is 1.21 bits per heavy atom. The topological polar surface area (TPSA) is 131 Å². The summed E-state index contributed by atoms with van der Waals surface area (Å²) in [7, 11) is -2.00. The number of carbonyl (C=O) groups excluding carboxylic acids is 1. The Labute approximate surface area is 229 Å². The van der Waals surface area contributed by atoms with E-state index in [4.69, 9.17) is 14.0 Å². The van der Waals surface area contributed by atoms with Crippen LogP contribution in [-0.4, -0.2) is 84.2 Å². The van der Waals surface area contributed by atoms with Crippen LogP contribution < -0.4 is 0 Å². The highest BCUT2D eigenvalue weighted by Gasteiger charge is 2.48. The fourth-order valence-corrected chi connectivity index (χ4v) is 5.80. The lowest BCUT2D eigenvalue weighted by Gasteiger charge is -2.48. The molecular formula is C27H38N4O7S. The van der Waals surface area contributed by atoms with Crippen molar-refractivity contribution in [2.45, 2.75) is 64.8 Å². The smallest absolute Gasteiger partial charge is 0.407 e.